The van der Waals surface area contributed by atoms with Crippen LogP contribution < -0.4 is 0 Å². The molecule has 1 rings (SSSR count). The lowest BCUT2D eigenvalue weighted by molar-refractivity contribution is -0.146. The Morgan fingerprint density at radius 1 is 1.77 bits per heavy atom. The van der Waals surface area contributed by atoms with Crippen molar-refractivity contribution in [2.24, 2.45) is 0 Å². The van der Waals surface area contributed by atoms with Crippen molar-refractivity contribution in [3.8, 4) is 0 Å². The molecule has 0 aromatic carbocycles. The lowest BCUT2D eigenvalue weighted by Gasteiger charge is -2.12. The first-order valence-electron chi connectivity index (χ1n) is 4.33. The number of carbonyl (C=O) groups excluding carboxylic acids is 1. The highest BCUT2D eigenvalue weighted by atomic mass is 16.5. The van der Waals surface area contributed by atoms with Crippen molar-refractivity contribution in [3.05, 3.63) is 18.2 Å². The first-order valence-corrected chi connectivity index (χ1v) is 4.33. The predicted octanol–water partition coefficient (Wildman–Crippen LogP) is 1.32. The summed E-state index contributed by atoms with van der Waals surface area (Å²) >= 11 is 0. The molecular weight excluding hydrogens is 168 g/mol. The number of aromatic nitrogens is 2. The van der Waals surface area contributed by atoms with Crippen LogP contribution in [0.15, 0.2) is 12.4 Å². The maximum atomic E-state index is 11.3. The van der Waals surface area contributed by atoms with Crippen LogP contribution >= 0.6 is 0 Å². The Labute approximate surface area is 77.5 Å². The molecule has 1 aromatic heterocycles. The van der Waals surface area contributed by atoms with E-state index in [4.69, 9.17) is 4.74 Å². The monoisotopic (exact) mass is 182 g/mol. The third-order valence-electron chi connectivity index (χ3n) is 1.91. The van der Waals surface area contributed by atoms with Gasteiger partial charge in [-0.15, -0.1) is 0 Å². The first-order chi connectivity index (χ1) is 6.16. The Hall–Kier alpha value is -1.32. The summed E-state index contributed by atoms with van der Waals surface area (Å²) < 4.78 is 6.68. The Bertz CT molecular complexity index is 294. The summed E-state index contributed by atoms with van der Waals surface area (Å²) in [4.78, 5) is 15.4. The van der Waals surface area contributed by atoms with Crippen molar-refractivity contribution in [1.82, 2.24) is 9.55 Å². The summed E-state index contributed by atoms with van der Waals surface area (Å²) in [7, 11) is 0. The van der Waals surface area contributed by atoms with Gasteiger partial charge in [0.05, 0.1) is 6.61 Å². The van der Waals surface area contributed by atoms with Crippen LogP contribution in [-0.2, 0) is 9.53 Å². The lowest BCUT2D eigenvalue weighted by atomic mass is 10.3. The van der Waals surface area contributed by atoms with Gasteiger partial charge in [-0.2, -0.15) is 0 Å². The van der Waals surface area contributed by atoms with Crippen LogP contribution in [0.1, 0.15) is 25.7 Å². The summed E-state index contributed by atoms with van der Waals surface area (Å²) in [6.45, 7) is 5.87. The van der Waals surface area contributed by atoms with Crippen LogP contribution in [0.3, 0.4) is 0 Å². The van der Waals surface area contributed by atoms with E-state index in [1.807, 2.05) is 6.92 Å². The van der Waals surface area contributed by atoms with E-state index in [0.29, 0.717) is 6.61 Å². The quantitative estimate of drug-likeness (QED) is 0.662. The van der Waals surface area contributed by atoms with Crippen LogP contribution in [0, 0.1) is 6.92 Å². The molecule has 0 aliphatic carbocycles. The van der Waals surface area contributed by atoms with Gasteiger partial charge in [-0.05, 0) is 20.8 Å². The van der Waals surface area contributed by atoms with Crippen LogP contribution in [0.4, 0.5) is 0 Å². The second-order valence-electron chi connectivity index (χ2n) is 2.81. The molecule has 1 aromatic rings. The molecule has 1 heterocycles. The number of rotatable bonds is 3. The zero-order valence-corrected chi connectivity index (χ0v) is 8.15. The van der Waals surface area contributed by atoms with E-state index in [0.717, 1.165) is 5.82 Å². The number of carbonyl (C=O) groups is 1. The van der Waals surface area contributed by atoms with Gasteiger partial charge in [0.25, 0.3) is 0 Å². The van der Waals surface area contributed by atoms with E-state index in [9.17, 15) is 4.79 Å². The van der Waals surface area contributed by atoms with Crippen molar-refractivity contribution in [2.45, 2.75) is 26.8 Å². The molecule has 0 N–H and O–H groups in total. The molecule has 13 heavy (non-hydrogen) atoms. The zero-order chi connectivity index (χ0) is 9.84. The normalized spacial score (nSPS) is 12.5. The van der Waals surface area contributed by atoms with E-state index in [1.54, 1.807) is 30.8 Å². The molecular formula is C9H14N2O2. The molecule has 1 unspecified atom stereocenters. The van der Waals surface area contributed by atoms with Gasteiger partial charge < -0.3 is 9.30 Å². The fourth-order valence-electron chi connectivity index (χ4n) is 1.17. The van der Waals surface area contributed by atoms with Crippen molar-refractivity contribution in [1.29, 1.82) is 0 Å². The number of hydrogen-bond donors (Lipinski definition) is 0. The van der Waals surface area contributed by atoms with Gasteiger partial charge in [0.15, 0.2) is 0 Å². The molecule has 0 fully saturated rings. The highest BCUT2D eigenvalue weighted by Gasteiger charge is 2.16. The van der Waals surface area contributed by atoms with Crippen molar-refractivity contribution < 1.29 is 9.53 Å². The second-order valence-corrected chi connectivity index (χ2v) is 2.81. The number of ether oxygens (including phenoxy) is 1. The number of hydrogen-bond acceptors (Lipinski definition) is 3. The SMILES string of the molecule is CCOC(=O)C(C)n1ccnc1C. The van der Waals surface area contributed by atoms with Gasteiger partial charge in [0, 0.05) is 12.4 Å². The smallest absolute Gasteiger partial charge is 0.328 e. The predicted molar refractivity (Wildman–Crippen MR) is 48.3 cm³/mol. The molecule has 0 amide bonds. The highest BCUT2D eigenvalue weighted by molar-refractivity contribution is 5.73. The van der Waals surface area contributed by atoms with E-state index in [-0.39, 0.29) is 12.0 Å². The summed E-state index contributed by atoms with van der Waals surface area (Å²) in [6, 6.07) is -0.289. The molecule has 0 aliphatic rings. The molecule has 0 saturated carbocycles. The van der Waals surface area contributed by atoms with Gasteiger partial charge in [0.2, 0.25) is 0 Å². The molecule has 72 valence electrons. The van der Waals surface area contributed by atoms with E-state index >= 15 is 0 Å². The highest BCUT2D eigenvalue weighted by Crippen LogP contribution is 2.09. The van der Waals surface area contributed by atoms with Gasteiger partial charge in [-0.1, -0.05) is 0 Å². The second kappa shape index (κ2) is 4.07. The maximum Gasteiger partial charge on any atom is 0.328 e. The van der Waals surface area contributed by atoms with E-state index in [1.165, 1.54) is 0 Å². The molecule has 0 saturated heterocycles. The summed E-state index contributed by atoms with van der Waals surface area (Å²) in [5.74, 6) is 0.601. The largest absolute Gasteiger partial charge is 0.464 e. The van der Waals surface area contributed by atoms with Crippen molar-refractivity contribution in [3.63, 3.8) is 0 Å². The topological polar surface area (TPSA) is 44.1 Å². The third kappa shape index (κ3) is 2.08. The molecule has 0 spiro atoms. The van der Waals surface area contributed by atoms with Crippen LogP contribution in [0.5, 0.6) is 0 Å². The van der Waals surface area contributed by atoms with E-state index < -0.39 is 0 Å². The number of aryl methyl sites for hydroxylation is 1. The average molecular weight is 182 g/mol. The number of esters is 1. The van der Waals surface area contributed by atoms with Crippen molar-refractivity contribution in [2.75, 3.05) is 6.61 Å². The van der Waals surface area contributed by atoms with Gasteiger partial charge in [-0.3, -0.25) is 0 Å². The summed E-state index contributed by atoms with van der Waals surface area (Å²) in [5, 5.41) is 0. The first kappa shape index (κ1) is 9.77. The lowest BCUT2D eigenvalue weighted by Crippen LogP contribution is -2.19. The van der Waals surface area contributed by atoms with E-state index in [2.05, 4.69) is 4.98 Å². The van der Waals surface area contributed by atoms with Crippen LogP contribution in [-0.4, -0.2) is 22.1 Å². The van der Waals surface area contributed by atoms with Gasteiger partial charge >= 0.3 is 5.97 Å². The van der Waals surface area contributed by atoms with Crippen LogP contribution in [0.2, 0.25) is 0 Å². The Balaban J connectivity index is 2.73. The zero-order valence-electron chi connectivity index (χ0n) is 8.15. The van der Waals surface area contributed by atoms with Gasteiger partial charge in [-0.25, -0.2) is 9.78 Å². The molecule has 4 nitrogen and oxygen atoms in total. The molecule has 0 aliphatic heterocycles. The fourth-order valence-corrected chi connectivity index (χ4v) is 1.17. The Morgan fingerprint density at radius 3 is 2.92 bits per heavy atom. The van der Waals surface area contributed by atoms with Crippen molar-refractivity contribution >= 4 is 5.97 Å². The van der Waals surface area contributed by atoms with Gasteiger partial charge in [0.1, 0.15) is 11.9 Å². The fraction of sp³-hybridized carbons (Fsp3) is 0.556. The third-order valence-corrected chi connectivity index (χ3v) is 1.91. The average Bonchev–Trinajstić information content (AvgIpc) is 2.50. The molecule has 0 bridgehead atoms. The maximum absolute atomic E-state index is 11.3. The minimum absolute atomic E-state index is 0.219. The number of imidazole rings is 1. The molecule has 4 heteroatoms. The van der Waals surface area contributed by atoms with Crippen LogP contribution in [0.25, 0.3) is 0 Å². The summed E-state index contributed by atoms with van der Waals surface area (Å²) in [5.41, 5.74) is 0. The standard InChI is InChI=1S/C9H14N2O2/c1-4-13-9(12)7(2)11-6-5-10-8(11)3/h5-7H,4H2,1-3H3. The summed E-state index contributed by atoms with van der Waals surface area (Å²) in [6.07, 6.45) is 3.45. The Morgan fingerprint density at radius 2 is 2.46 bits per heavy atom. The Kier molecular flexibility index (Phi) is 3.06. The molecule has 1 atom stereocenters. The molecule has 0 radical (unpaired) electrons. The number of nitrogens with zero attached hydrogens (tertiary/aromatic N) is 2. The minimum Gasteiger partial charge on any atom is -0.464 e. The minimum atomic E-state index is -0.289.